The molecule has 0 fully saturated rings. The van der Waals surface area contributed by atoms with E-state index in [0.717, 1.165) is 11.4 Å². The van der Waals surface area contributed by atoms with Crippen LogP contribution in [0.3, 0.4) is 0 Å². The lowest BCUT2D eigenvalue weighted by Gasteiger charge is -2.13. The average Bonchev–Trinajstić information content (AvgIpc) is 3.39. The summed E-state index contributed by atoms with van der Waals surface area (Å²) in [7, 11) is 3.22. The lowest BCUT2D eigenvalue weighted by atomic mass is 10.2. The third kappa shape index (κ3) is 4.07. The third-order valence-corrected chi connectivity index (χ3v) is 4.47. The second kappa shape index (κ2) is 8.64. The zero-order valence-electron chi connectivity index (χ0n) is 17.2. The number of benzene rings is 1. The molecular formula is C19H20N10O2. The molecule has 0 aliphatic carbocycles. The van der Waals surface area contributed by atoms with Gasteiger partial charge in [-0.2, -0.15) is 14.5 Å². The maximum absolute atomic E-state index is 9.40. The molecule has 1 aromatic carbocycles. The molecule has 0 saturated carbocycles. The Morgan fingerprint density at radius 1 is 1.19 bits per heavy atom. The van der Waals surface area contributed by atoms with Gasteiger partial charge in [-0.25, -0.2) is 4.98 Å². The lowest BCUT2D eigenvalue weighted by Crippen LogP contribution is -2.11. The Hall–Kier alpha value is -4.24. The van der Waals surface area contributed by atoms with Crippen LogP contribution in [0, 0.1) is 18.3 Å². The van der Waals surface area contributed by atoms with E-state index in [1.807, 2.05) is 31.2 Å². The number of aromatic nitrogens is 7. The summed E-state index contributed by atoms with van der Waals surface area (Å²) in [4.78, 5) is 4.30. The number of nitriles is 1. The largest absolute Gasteiger partial charge is 0.497 e. The molecule has 0 atom stereocenters. The minimum absolute atomic E-state index is 0.323. The van der Waals surface area contributed by atoms with E-state index in [2.05, 4.69) is 42.3 Å². The molecule has 0 spiro atoms. The van der Waals surface area contributed by atoms with E-state index in [-0.39, 0.29) is 0 Å². The molecule has 3 heterocycles. The van der Waals surface area contributed by atoms with Crippen LogP contribution in [0.5, 0.6) is 5.75 Å². The van der Waals surface area contributed by atoms with Gasteiger partial charge >= 0.3 is 0 Å². The predicted octanol–water partition coefficient (Wildman–Crippen LogP) is 1.70. The Bertz CT molecular complexity index is 1260. The number of hydrogen-bond donors (Lipinski definition) is 2. The minimum Gasteiger partial charge on any atom is -0.497 e. The fraction of sp³-hybridized carbons (Fsp3) is 0.263. The Labute approximate surface area is 177 Å². The van der Waals surface area contributed by atoms with Crippen LogP contribution >= 0.6 is 0 Å². The number of aryl methyl sites for hydroxylation is 1. The van der Waals surface area contributed by atoms with Gasteiger partial charge in [-0.3, -0.25) is 0 Å². The Kier molecular flexibility index (Phi) is 5.59. The van der Waals surface area contributed by atoms with E-state index < -0.39 is 0 Å². The molecule has 0 unspecified atom stereocenters. The maximum atomic E-state index is 9.40. The van der Waals surface area contributed by atoms with Crippen LogP contribution in [0.15, 0.2) is 30.5 Å². The van der Waals surface area contributed by atoms with Crippen LogP contribution in [0.2, 0.25) is 0 Å². The number of methoxy groups -OCH3 is 2. The molecule has 0 amide bonds. The maximum Gasteiger partial charge on any atom is 0.178 e. The number of rotatable bonds is 8. The molecule has 3 aromatic heterocycles. The molecule has 0 radical (unpaired) electrons. The first-order chi connectivity index (χ1) is 15.1. The van der Waals surface area contributed by atoms with E-state index in [1.165, 1.54) is 10.7 Å². The monoisotopic (exact) mass is 420 g/mol. The lowest BCUT2D eigenvalue weighted by molar-refractivity contribution is 0.211. The van der Waals surface area contributed by atoms with Crippen molar-refractivity contribution in [1.29, 1.82) is 5.26 Å². The van der Waals surface area contributed by atoms with Crippen LogP contribution in [0.25, 0.3) is 11.3 Å². The fourth-order valence-corrected chi connectivity index (χ4v) is 3.04. The molecule has 0 bridgehead atoms. The topological polar surface area (TPSA) is 140 Å². The first-order valence-electron chi connectivity index (χ1n) is 9.36. The van der Waals surface area contributed by atoms with Crippen molar-refractivity contribution in [2.24, 2.45) is 0 Å². The summed E-state index contributed by atoms with van der Waals surface area (Å²) in [5.74, 6) is 1.77. The summed E-state index contributed by atoms with van der Waals surface area (Å²) in [5, 5.41) is 32.1. The molecule has 2 N–H and O–H groups in total. The molecule has 4 aromatic rings. The van der Waals surface area contributed by atoms with E-state index in [1.54, 1.807) is 18.9 Å². The summed E-state index contributed by atoms with van der Waals surface area (Å²) >= 11 is 0. The van der Waals surface area contributed by atoms with E-state index in [9.17, 15) is 5.26 Å². The molecular weight excluding hydrogens is 400 g/mol. The Morgan fingerprint density at radius 2 is 2.06 bits per heavy atom. The van der Waals surface area contributed by atoms with Crippen molar-refractivity contribution in [1.82, 2.24) is 34.8 Å². The number of tetrazole rings is 1. The molecule has 0 aliphatic rings. The smallest absolute Gasteiger partial charge is 0.178 e. The molecule has 31 heavy (non-hydrogen) atoms. The summed E-state index contributed by atoms with van der Waals surface area (Å²) in [6.07, 6.45) is 1.48. The second-order valence-corrected chi connectivity index (χ2v) is 6.54. The van der Waals surface area contributed by atoms with Crippen molar-refractivity contribution in [2.45, 2.75) is 6.92 Å². The molecule has 12 heteroatoms. The van der Waals surface area contributed by atoms with Gasteiger partial charge in [-0.1, -0.05) is 0 Å². The molecule has 158 valence electrons. The number of fused-ring (bicyclic) bond motifs is 1. The van der Waals surface area contributed by atoms with Gasteiger partial charge in [0, 0.05) is 37.5 Å². The summed E-state index contributed by atoms with van der Waals surface area (Å²) in [6, 6.07) is 9.44. The number of imidazole rings is 1. The van der Waals surface area contributed by atoms with Gasteiger partial charge in [0.2, 0.25) is 0 Å². The van der Waals surface area contributed by atoms with Crippen LogP contribution in [-0.2, 0) is 4.74 Å². The zero-order valence-corrected chi connectivity index (χ0v) is 17.2. The number of hydrogen-bond acceptors (Lipinski definition) is 10. The zero-order chi connectivity index (χ0) is 21.8. The van der Waals surface area contributed by atoms with Gasteiger partial charge in [-0.05, 0) is 23.4 Å². The predicted molar refractivity (Wildman–Crippen MR) is 112 cm³/mol. The summed E-state index contributed by atoms with van der Waals surface area (Å²) in [6.45, 7) is 2.91. The average molecular weight is 420 g/mol. The highest BCUT2D eigenvalue weighted by atomic mass is 16.5. The molecule has 12 nitrogen and oxygen atoms in total. The van der Waals surface area contributed by atoms with Gasteiger partial charge in [0.25, 0.3) is 0 Å². The summed E-state index contributed by atoms with van der Waals surface area (Å²) < 4.78 is 13.6. The number of nitrogens with zero attached hydrogens (tertiary/aromatic N) is 8. The first-order valence-corrected chi connectivity index (χ1v) is 9.36. The summed E-state index contributed by atoms with van der Waals surface area (Å²) in [5.41, 5.74) is 3.02. The molecule has 0 saturated heterocycles. The molecule has 0 aliphatic heterocycles. The highest BCUT2D eigenvalue weighted by Crippen LogP contribution is 2.27. The SMILES string of the molecule is COCCNc1cc(Nc2cc(OC)cc(-n3nnnc3C)c2)nn2c(C#N)cnc12. The van der Waals surface area contributed by atoms with Crippen molar-refractivity contribution in [3.05, 3.63) is 42.0 Å². The fourth-order valence-electron chi connectivity index (χ4n) is 3.04. The Balaban J connectivity index is 1.74. The highest BCUT2D eigenvalue weighted by Gasteiger charge is 2.13. The quantitative estimate of drug-likeness (QED) is 0.405. The van der Waals surface area contributed by atoms with Crippen molar-refractivity contribution in [2.75, 3.05) is 38.0 Å². The van der Waals surface area contributed by atoms with Gasteiger partial charge in [0.05, 0.1) is 31.3 Å². The normalized spacial score (nSPS) is 10.8. The number of nitrogens with one attached hydrogen (secondary N) is 2. The van der Waals surface area contributed by atoms with Crippen molar-refractivity contribution in [3.63, 3.8) is 0 Å². The van der Waals surface area contributed by atoms with Gasteiger partial charge in [0.15, 0.2) is 23.0 Å². The number of anilines is 3. The third-order valence-electron chi connectivity index (χ3n) is 4.47. The highest BCUT2D eigenvalue weighted by molar-refractivity contribution is 5.73. The van der Waals surface area contributed by atoms with Gasteiger partial charge < -0.3 is 20.1 Å². The second-order valence-electron chi connectivity index (χ2n) is 6.54. The Morgan fingerprint density at radius 3 is 2.77 bits per heavy atom. The van der Waals surface area contributed by atoms with Crippen molar-refractivity contribution < 1.29 is 9.47 Å². The van der Waals surface area contributed by atoms with Gasteiger partial charge in [-0.15, -0.1) is 10.2 Å². The standard InChI is InChI=1S/C19H20N10O2/c1-12-24-26-27-28(12)14-6-13(7-16(8-14)31-3)23-18-9-17(21-4-5-30-2)19-22-11-15(10-20)29(19)25-18/h6-9,11,21H,4-5H2,1-3H3,(H,23,25). The van der Waals surface area contributed by atoms with Crippen LogP contribution in [0.4, 0.5) is 17.2 Å². The van der Waals surface area contributed by atoms with Crippen LogP contribution in [-0.4, -0.2) is 62.2 Å². The number of ether oxygens (including phenoxy) is 2. The van der Waals surface area contributed by atoms with Crippen molar-refractivity contribution >= 4 is 22.8 Å². The van der Waals surface area contributed by atoms with Crippen LogP contribution in [0.1, 0.15) is 11.5 Å². The molecule has 4 rings (SSSR count). The van der Waals surface area contributed by atoms with Crippen molar-refractivity contribution in [3.8, 4) is 17.5 Å². The van der Waals surface area contributed by atoms with E-state index in [0.29, 0.717) is 47.6 Å². The van der Waals surface area contributed by atoms with Crippen LogP contribution < -0.4 is 15.4 Å². The van der Waals surface area contributed by atoms with E-state index in [4.69, 9.17) is 9.47 Å². The van der Waals surface area contributed by atoms with Gasteiger partial charge in [0.1, 0.15) is 11.8 Å². The van der Waals surface area contributed by atoms with E-state index >= 15 is 0 Å². The minimum atomic E-state index is 0.323. The first kappa shape index (κ1) is 20.0.